The number of H-pyrrole nitrogens is 1. The molecule has 3 heterocycles. The zero-order valence-corrected chi connectivity index (χ0v) is 15.0. The maximum atomic E-state index is 12.4. The summed E-state index contributed by atoms with van der Waals surface area (Å²) in [5.41, 5.74) is 7.48. The lowest BCUT2D eigenvalue weighted by Gasteiger charge is -2.30. The number of fused-ring (bicyclic) bond motifs is 1. The molecule has 2 amide bonds. The number of ether oxygens (including phenoxy) is 1. The van der Waals surface area contributed by atoms with Crippen LogP contribution in [0.3, 0.4) is 0 Å². The van der Waals surface area contributed by atoms with Crippen LogP contribution in [0.25, 0.3) is 0 Å². The Hall–Kier alpha value is -3.10. The lowest BCUT2D eigenvalue weighted by Crippen LogP contribution is -2.40. The molecule has 0 saturated carbocycles. The summed E-state index contributed by atoms with van der Waals surface area (Å²) in [5.74, 6) is 0.00284. The van der Waals surface area contributed by atoms with Crippen molar-refractivity contribution in [2.24, 2.45) is 0 Å². The van der Waals surface area contributed by atoms with E-state index in [2.05, 4.69) is 20.5 Å². The number of carbonyl (C=O) groups is 2. The molecule has 0 radical (unpaired) electrons. The maximum Gasteiger partial charge on any atom is 0.410 e. The monoisotopic (exact) mass is 358 g/mol. The Morgan fingerprint density at radius 2 is 2.15 bits per heavy atom. The molecule has 4 N–H and O–H groups in total. The van der Waals surface area contributed by atoms with Crippen molar-refractivity contribution in [1.29, 1.82) is 0 Å². The highest BCUT2D eigenvalue weighted by Gasteiger charge is 2.29. The summed E-state index contributed by atoms with van der Waals surface area (Å²) in [4.78, 5) is 30.2. The summed E-state index contributed by atoms with van der Waals surface area (Å²) in [7, 11) is 0. The topological polar surface area (TPSA) is 126 Å². The van der Waals surface area contributed by atoms with Crippen LogP contribution < -0.4 is 11.1 Å². The van der Waals surface area contributed by atoms with Crippen molar-refractivity contribution in [3.05, 3.63) is 35.3 Å². The van der Waals surface area contributed by atoms with E-state index in [9.17, 15) is 9.59 Å². The van der Waals surface area contributed by atoms with Crippen LogP contribution in [-0.2, 0) is 17.7 Å². The first-order valence-corrected chi connectivity index (χ1v) is 8.29. The van der Waals surface area contributed by atoms with E-state index in [1.54, 1.807) is 4.90 Å². The zero-order chi connectivity index (χ0) is 18.9. The number of rotatable bonds is 2. The molecule has 0 saturated heterocycles. The molecule has 2 aromatic heterocycles. The molecule has 26 heavy (non-hydrogen) atoms. The van der Waals surface area contributed by atoms with Crippen molar-refractivity contribution < 1.29 is 14.3 Å². The molecule has 2 aromatic rings. The number of hydrogen-bond donors (Lipinski definition) is 3. The van der Waals surface area contributed by atoms with Gasteiger partial charge in [0.1, 0.15) is 5.60 Å². The summed E-state index contributed by atoms with van der Waals surface area (Å²) in [5, 5.41) is 9.83. The van der Waals surface area contributed by atoms with Gasteiger partial charge in [0, 0.05) is 30.4 Å². The van der Waals surface area contributed by atoms with E-state index in [1.165, 1.54) is 18.5 Å². The molecule has 138 valence electrons. The first-order chi connectivity index (χ1) is 12.2. The summed E-state index contributed by atoms with van der Waals surface area (Å²) in [6, 6.07) is 1.54. The number of pyridine rings is 1. The van der Waals surface area contributed by atoms with E-state index >= 15 is 0 Å². The summed E-state index contributed by atoms with van der Waals surface area (Å²) < 4.78 is 5.42. The van der Waals surface area contributed by atoms with E-state index in [0.29, 0.717) is 30.9 Å². The van der Waals surface area contributed by atoms with Gasteiger partial charge in [-0.15, -0.1) is 0 Å². The minimum absolute atomic E-state index is 0.282. The fourth-order valence-corrected chi connectivity index (χ4v) is 2.67. The highest BCUT2D eigenvalue weighted by molar-refractivity contribution is 6.07. The van der Waals surface area contributed by atoms with Crippen LogP contribution in [0.1, 0.15) is 42.4 Å². The molecule has 1 aliphatic heterocycles. The molecule has 9 heteroatoms. The second-order valence-electron chi connectivity index (χ2n) is 7.10. The van der Waals surface area contributed by atoms with Crippen molar-refractivity contribution >= 4 is 23.5 Å². The second kappa shape index (κ2) is 6.66. The van der Waals surface area contributed by atoms with Crippen LogP contribution in [0, 0.1) is 0 Å². The van der Waals surface area contributed by atoms with Gasteiger partial charge in [0.2, 0.25) is 0 Å². The third kappa shape index (κ3) is 3.76. The molecule has 3 rings (SSSR count). The molecule has 0 atom stereocenters. The van der Waals surface area contributed by atoms with Gasteiger partial charge in [-0.05, 0) is 26.8 Å². The first-order valence-electron chi connectivity index (χ1n) is 8.29. The number of nitrogens with one attached hydrogen (secondary N) is 2. The van der Waals surface area contributed by atoms with Crippen LogP contribution in [0.4, 0.5) is 16.3 Å². The largest absolute Gasteiger partial charge is 0.444 e. The number of nitrogens with two attached hydrogens (primary N) is 1. The smallest absolute Gasteiger partial charge is 0.410 e. The number of amides is 2. The number of aromatic nitrogens is 3. The third-order valence-corrected chi connectivity index (χ3v) is 3.91. The SMILES string of the molecule is CC(C)(C)OC(=O)N1CCc2[nH]nc(NC(=O)c3ccncc3N)c2C1. The number of hydrogen-bond acceptors (Lipinski definition) is 6. The van der Waals surface area contributed by atoms with Crippen LogP contribution in [0.15, 0.2) is 18.5 Å². The summed E-state index contributed by atoms with van der Waals surface area (Å²) in [6.07, 6.45) is 3.13. The Kier molecular flexibility index (Phi) is 4.54. The van der Waals surface area contributed by atoms with Crippen molar-refractivity contribution in [3.8, 4) is 0 Å². The highest BCUT2D eigenvalue weighted by atomic mass is 16.6. The number of aromatic amines is 1. The van der Waals surface area contributed by atoms with Crippen molar-refractivity contribution in [1.82, 2.24) is 20.1 Å². The normalized spacial score (nSPS) is 13.9. The number of anilines is 2. The fraction of sp³-hybridized carbons (Fsp3) is 0.412. The summed E-state index contributed by atoms with van der Waals surface area (Å²) >= 11 is 0. The van der Waals surface area contributed by atoms with Gasteiger partial charge in [-0.25, -0.2) is 4.79 Å². The molecule has 1 aliphatic rings. The average molecular weight is 358 g/mol. The van der Waals surface area contributed by atoms with Gasteiger partial charge in [-0.2, -0.15) is 5.10 Å². The molecule has 0 fully saturated rings. The zero-order valence-electron chi connectivity index (χ0n) is 15.0. The van der Waals surface area contributed by atoms with E-state index in [1.807, 2.05) is 20.8 Å². The minimum atomic E-state index is -0.566. The fourth-order valence-electron chi connectivity index (χ4n) is 2.67. The third-order valence-electron chi connectivity index (χ3n) is 3.91. The van der Waals surface area contributed by atoms with Crippen molar-refractivity contribution in [3.63, 3.8) is 0 Å². The van der Waals surface area contributed by atoms with Crippen LogP contribution in [0.2, 0.25) is 0 Å². The van der Waals surface area contributed by atoms with Gasteiger partial charge < -0.3 is 20.7 Å². The minimum Gasteiger partial charge on any atom is -0.444 e. The Balaban J connectivity index is 1.75. The molecule has 9 nitrogen and oxygen atoms in total. The Morgan fingerprint density at radius 3 is 2.85 bits per heavy atom. The first kappa shape index (κ1) is 17.7. The molecular weight excluding hydrogens is 336 g/mol. The van der Waals surface area contributed by atoms with Gasteiger partial charge in [-0.3, -0.25) is 14.9 Å². The number of nitrogen functional groups attached to an aromatic ring is 1. The molecule has 0 aliphatic carbocycles. The number of carbonyl (C=O) groups excluding carboxylic acids is 2. The standard InChI is InChI=1S/C17H22N6O3/c1-17(2,3)26-16(25)23-7-5-13-11(9-23)14(22-21-13)20-15(24)10-4-6-19-8-12(10)18/h4,6,8H,5,7,9,18H2,1-3H3,(H2,20,21,22,24). The molecule has 0 bridgehead atoms. The Labute approximate surface area is 150 Å². The predicted octanol–water partition coefficient (Wildman–Crippen LogP) is 1.93. The molecule has 0 unspecified atom stereocenters. The lowest BCUT2D eigenvalue weighted by atomic mass is 10.1. The van der Waals surface area contributed by atoms with Gasteiger partial charge in [0.25, 0.3) is 5.91 Å². The maximum absolute atomic E-state index is 12.4. The second-order valence-corrected chi connectivity index (χ2v) is 7.10. The predicted molar refractivity (Wildman–Crippen MR) is 95.5 cm³/mol. The molecule has 0 spiro atoms. The quantitative estimate of drug-likeness (QED) is 0.753. The molecule has 0 aromatic carbocycles. The van der Waals surface area contributed by atoms with E-state index in [4.69, 9.17) is 10.5 Å². The summed E-state index contributed by atoms with van der Waals surface area (Å²) in [6.45, 7) is 6.30. The van der Waals surface area contributed by atoms with Crippen LogP contribution in [-0.4, -0.2) is 44.2 Å². The van der Waals surface area contributed by atoms with Crippen LogP contribution >= 0.6 is 0 Å². The van der Waals surface area contributed by atoms with E-state index in [0.717, 1.165) is 11.3 Å². The number of nitrogens with zero attached hydrogens (tertiary/aromatic N) is 3. The average Bonchev–Trinajstić information content (AvgIpc) is 2.96. The van der Waals surface area contributed by atoms with E-state index < -0.39 is 5.60 Å². The lowest BCUT2D eigenvalue weighted by molar-refractivity contribution is 0.0224. The van der Waals surface area contributed by atoms with Crippen molar-refractivity contribution in [2.75, 3.05) is 17.6 Å². The van der Waals surface area contributed by atoms with Gasteiger partial charge >= 0.3 is 6.09 Å². The Morgan fingerprint density at radius 1 is 1.38 bits per heavy atom. The van der Waals surface area contributed by atoms with Gasteiger partial charge in [-0.1, -0.05) is 0 Å². The van der Waals surface area contributed by atoms with Crippen molar-refractivity contribution in [2.45, 2.75) is 39.3 Å². The molecular formula is C17H22N6O3. The highest BCUT2D eigenvalue weighted by Crippen LogP contribution is 2.26. The van der Waals surface area contributed by atoms with Gasteiger partial charge in [0.05, 0.1) is 24.0 Å². The van der Waals surface area contributed by atoms with Gasteiger partial charge in [0.15, 0.2) is 5.82 Å². The van der Waals surface area contributed by atoms with E-state index in [-0.39, 0.29) is 17.7 Å². The Bertz CT molecular complexity index is 839. The van der Waals surface area contributed by atoms with Crippen LogP contribution in [0.5, 0.6) is 0 Å².